The summed E-state index contributed by atoms with van der Waals surface area (Å²) < 4.78 is 13.2. The van der Waals surface area contributed by atoms with Crippen LogP contribution in [0.3, 0.4) is 0 Å². The molecule has 0 bridgehead atoms. The molecule has 0 fully saturated rings. The Hall–Kier alpha value is -6.12. The van der Waals surface area contributed by atoms with Crippen LogP contribution in [0, 0.1) is 6.92 Å². The summed E-state index contributed by atoms with van der Waals surface area (Å²) in [5, 5.41) is 9.49. The van der Waals surface area contributed by atoms with Gasteiger partial charge in [-0.2, -0.15) is 0 Å². The molecule has 0 amide bonds. The zero-order chi connectivity index (χ0) is 34.4. The molecule has 2 nitrogen and oxygen atoms in total. The second kappa shape index (κ2) is 10.9. The monoisotopic (exact) mass is 656 g/mol. The molecular weight excluding hydrogens is 621 g/mol. The molecule has 10 aromatic rings. The molecule has 0 spiro atoms. The lowest BCUT2D eigenvalue weighted by Gasteiger charge is -2.22. The van der Waals surface area contributed by atoms with Crippen LogP contribution in [0.1, 0.15) is 31.9 Å². The van der Waals surface area contributed by atoms with Gasteiger partial charge in [-0.1, -0.05) is 130 Å². The first-order valence-corrected chi connectivity index (χ1v) is 17.8. The highest BCUT2D eigenvalue weighted by atomic mass is 16.3. The van der Waals surface area contributed by atoms with E-state index in [4.69, 9.17) is 8.83 Å². The molecular formula is C49H36O2. The summed E-state index contributed by atoms with van der Waals surface area (Å²) in [5.41, 5.74) is 11.4. The third kappa shape index (κ3) is 4.63. The first kappa shape index (κ1) is 29.8. The molecule has 0 saturated heterocycles. The van der Waals surface area contributed by atoms with Gasteiger partial charge in [0.05, 0.1) is 0 Å². The van der Waals surface area contributed by atoms with Gasteiger partial charge in [-0.15, -0.1) is 0 Å². The molecule has 244 valence electrons. The smallest absolute Gasteiger partial charge is 0.136 e. The van der Waals surface area contributed by atoms with Gasteiger partial charge in [0.15, 0.2) is 0 Å². The Morgan fingerprint density at radius 2 is 0.882 bits per heavy atom. The number of para-hydroxylation sites is 2. The van der Waals surface area contributed by atoms with E-state index < -0.39 is 0 Å². The SMILES string of the molecule is Cc1ccccc1-c1cc(-c2cc3ccccc3o2)c2ccc3c(-c4ccc(C(C)(C)C)cc4)cc(-c4cc5ccccc5o4)c4ccc1c2c34. The van der Waals surface area contributed by atoms with E-state index in [2.05, 4.69) is 155 Å². The Bertz CT molecular complexity index is 2880. The van der Waals surface area contributed by atoms with Crippen LogP contribution in [0.4, 0.5) is 0 Å². The Balaban J connectivity index is 1.36. The molecule has 2 heteroatoms. The van der Waals surface area contributed by atoms with Gasteiger partial charge in [-0.05, 0) is 114 Å². The number of hydrogen-bond acceptors (Lipinski definition) is 2. The second-order valence-corrected chi connectivity index (χ2v) is 15.0. The van der Waals surface area contributed by atoms with Crippen molar-refractivity contribution >= 4 is 54.3 Å². The van der Waals surface area contributed by atoms with Gasteiger partial charge in [-0.25, -0.2) is 0 Å². The highest BCUT2D eigenvalue weighted by Gasteiger charge is 2.23. The van der Waals surface area contributed by atoms with Crippen LogP contribution in [0.2, 0.25) is 0 Å². The number of benzene rings is 8. The van der Waals surface area contributed by atoms with Crippen LogP contribution in [-0.4, -0.2) is 0 Å². The molecule has 0 radical (unpaired) electrons. The first-order chi connectivity index (χ1) is 24.8. The molecule has 0 atom stereocenters. The molecule has 51 heavy (non-hydrogen) atoms. The lowest BCUT2D eigenvalue weighted by atomic mass is 9.82. The van der Waals surface area contributed by atoms with Crippen molar-refractivity contribution in [1.29, 1.82) is 0 Å². The summed E-state index contributed by atoms with van der Waals surface area (Å²) in [7, 11) is 0. The zero-order valence-corrected chi connectivity index (χ0v) is 29.2. The van der Waals surface area contributed by atoms with Crippen molar-refractivity contribution in [2.24, 2.45) is 0 Å². The highest BCUT2D eigenvalue weighted by Crippen LogP contribution is 2.49. The van der Waals surface area contributed by atoms with Gasteiger partial charge < -0.3 is 8.83 Å². The van der Waals surface area contributed by atoms with Gasteiger partial charge in [0.1, 0.15) is 22.7 Å². The molecule has 0 unspecified atom stereocenters. The van der Waals surface area contributed by atoms with E-state index in [1.165, 1.54) is 65.7 Å². The zero-order valence-electron chi connectivity index (χ0n) is 29.2. The number of furan rings is 2. The van der Waals surface area contributed by atoms with E-state index in [0.717, 1.165) is 44.6 Å². The average molecular weight is 657 g/mol. The van der Waals surface area contributed by atoms with Crippen molar-refractivity contribution < 1.29 is 8.83 Å². The minimum Gasteiger partial charge on any atom is -0.456 e. The van der Waals surface area contributed by atoms with Crippen molar-refractivity contribution in [3.8, 4) is 44.9 Å². The summed E-state index contributed by atoms with van der Waals surface area (Å²) in [6, 6.07) is 52.7. The van der Waals surface area contributed by atoms with Crippen molar-refractivity contribution in [3.05, 3.63) is 157 Å². The molecule has 2 heterocycles. The van der Waals surface area contributed by atoms with Crippen molar-refractivity contribution in [2.75, 3.05) is 0 Å². The van der Waals surface area contributed by atoms with Crippen LogP contribution in [0.15, 0.2) is 154 Å². The normalized spacial score (nSPS) is 12.3. The van der Waals surface area contributed by atoms with Crippen LogP contribution in [0.5, 0.6) is 0 Å². The Morgan fingerprint density at radius 3 is 1.41 bits per heavy atom. The maximum absolute atomic E-state index is 6.62. The van der Waals surface area contributed by atoms with E-state index in [1.54, 1.807) is 0 Å². The van der Waals surface area contributed by atoms with Gasteiger partial charge in [0.25, 0.3) is 0 Å². The predicted octanol–water partition coefficient (Wildman–Crippen LogP) is 14.4. The fourth-order valence-corrected chi connectivity index (χ4v) is 8.12. The molecule has 2 aromatic heterocycles. The first-order valence-electron chi connectivity index (χ1n) is 17.8. The Labute approximate surface area is 296 Å². The highest BCUT2D eigenvalue weighted by molar-refractivity contribution is 6.32. The van der Waals surface area contributed by atoms with E-state index in [-0.39, 0.29) is 5.41 Å². The van der Waals surface area contributed by atoms with E-state index >= 15 is 0 Å². The van der Waals surface area contributed by atoms with Gasteiger partial charge in [0, 0.05) is 21.9 Å². The van der Waals surface area contributed by atoms with E-state index in [1.807, 2.05) is 18.2 Å². The van der Waals surface area contributed by atoms with Crippen LogP contribution in [-0.2, 0) is 5.41 Å². The lowest BCUT2D eigenvalue weighted by Crippen LogP contribution is -2.10. The number of fused-ring (bicyclic) bond motifs is 2. The molecule has 0 aliphatic heterocycles. The summed E-state index contributed by atoms with van der Waals surface area (Å²) in [4.78, 5) is 0. The summed E-state index contributed by atoms with van der Waals surface area (Å²) in [5.74, 6) is 1.75. The maximum atomic E-state index is 6.62. The van der Waals surface area contributed by atoms with E-state index in [0.29, 0.717) is 0 Å². The average Bonchev–Trinajstić information content (AvgIpc) is 3.78. The molecule has 10 rings (SSSR count). The largest absolute Gasteiger partial charge is 0.456 e. The minimum absolute atomic E-state index is 0.0691. The summed E-state index contributed by atoms with van der Waals surface area (Å²) in [6.07, 6.45) is 0. The predicted molar refractivity (Wildman–Crippen MR) is 215 cm³/mol. The molecule has 0 aliphatic rings. The van der Waals surface area contributed by atoms with Crippen LogP contribution < -0.4 is 0 Å². The quantitative estimate of drug-likeness (QED) is 0.176. The maximum Gasteiger partial charge on any atom is 0.136 e. The standard InChI is InChI=1S/C49H36O2/c1-29-11-5-8-14-34(29)40-28-42(46-26-32-13-7-10-16-44(32)51-46)38-23-21-35-39(30-17-19-33(20-18-30)49(2,3)4)27-41(37-24-22-36(40)48(38)47(35)37)45-25-31-12-6-9-15-43(31)50-45/h5-28H,1-4H3. The van der Waals surface area contributed by atoms with Crippen LogP contribution in [0.25, 0.3) is 99.2 Å². The second-order valence-electron chi connectivity index (χ2n) is 15.0. The van der Waals surface area contributed by atoms with Gasteiger partial charge in [-0.3, -0.25) is 0 Å². The molecule has 0 saturated carbocycles. The minimum atomic E-state index is 0.0691. The Kier molecular flexibility index (Phi) is 6.38. The van der Waals surface area contributed by atoms with Crippen molar-refractivity contribution in [3.63, 3.8) is 0 Å². The number of rotatable bonds is 4. The lowest BCUT2D eigenvalue weighted by molar-refractivity contribution is 0.590. The van der Waals surface area contributed by atoms with Crippen molar-refractivity contribution in [2.45, 2.75) is 33.1 Å². The topological polar surface area (TPSA) is 26.3 Å². The Morgan fingerprint density at radius 1 is 0.412 bits per heavy atom. The third-order valence-electron chi connectivity index (χ3n) is 10.8. The number of hydrogen-bond donors (Lipinski definition) is 0. The fourth-order valence-electron chi connectivity index (χ4n) is 8.12. The number of aryl methyl sites for hydroxylation is 1. The van der Waals surface area contributed by atoms with Gasteiger partial charge >= 0.3 is 0 Å². The third-order valence-corrected chi connectivity index (χ3v) is 10.8. The van der Waals surface area contributed by atoms with Crippen molar-refractivity contribution in [1.82, 2.24) is 0 Å². The van der Waals surface area contributed by atoms with E-state index in [9.17, 15) is 0 Å². The summed E-state index contributed by atoms with van der Waals surface area (Å²) in [6.45, 7) is 9.00. The van der Waals surface area contributed by atoms with Crippen LogP contribution >= 0.6 is 0 Å². The molecule has 8 aromatic carbocycles. The van der Waals surface area contributed by atoms with Gasteiger partial charge in [0.2, 0.25) is 0 Å². The molecule has 0 N–H and O–H groups in total. The fraction of sp³-hybridized carbons (Fsp3) is 0.102. The molecule has 0 aliphatic carbocycles. The summed E-state index contributed by atoms with van der Waals surface area (Å²) >= 11 is 0.